The number of carbonyl (C=O) groups is 1. The van der Waals surface area contributed by atoms with Gasteiger partial charge in [-0.3, -0.25) is 4.79 Å². The van der Waals surface area contributed by atoms with Crippen molar-refractivity contribution in [3.05, 3.63) is 28.2 Å². The lowest BCUT2D eigenvalue weighted by atomic mass is 10.2. The highest BCUT2D eigenvalue weighted by atomic mass is 79.9. The van der Waals surface area contributed by atoms with Gasteiger partial charge >= 0.3 is 5.97 Å². The van der Waals surface area contributed by atoms with Crippen molar-refractivity contribution in [2.45, 2.75) is 17.9 Å². The number of hydrogen-bond donors (Lipinski definition) is 1. The summed E-state index contributed by atoms with van der Waals surface area (Å²) < 4.78 is 29.3. The van der Waals surface area contributed by atoms with Gasteiger partial charge in [0.1, 0.15) is 5.75 Å². The molecule has 0 radical (unpaired) electrons. The zero-order valence-corrected chi connectivity index (χ0v) is 12.3. The van der Waals surface area contributed by atoms with Gasteiger partial charge in [-0.25, -0.2) is 8.42 Å². The molecule has 0 aromatic heterocycles. The van der Waals surface area contributed by atoms with Gasteiger partial charge in [-0.1, -0.05) is 15.9 Å². The van der Waals surface area contributed by atoms with E-state index >= 15 is 0 Å². The van der Waals surface area contributed by atoms with Crippen molar-refractivity contribution in [3.8, 4) is 5.75 Å². The lowest BCUT2D eigenvalue weighted by Gasteiger charge is -2.11. The molecule has 0 aliphatic carbocycles. The van der Waals surface area contributed by atoms with Crippen LogP contribution in [0.4, 0.5) is 0 Å². The highest BCUT2D eigenvalue weighted by Crippen LogP contribution is 2.25. The SMILES string of the molecule is COc1ccc(Br)c(CS(=O)(=O)C(C)C(=O)O)c1. The van der Waals surface area contributed by atoms with Crippen molar-refractivity contribution in [2.75, 3.05) is 7.11 Å². The molecule has 1 aromatic rings. The minimum atomic E-state index is -3.75. The van der Waals surface area contributed by atoms with E-state index < -0.39 is 21.1 Å². The molecule has 1 rings (SSSR count). The van der Waals surface area contributed by atoms with E-state index in [1.54, 1.807) is 18.2 Å². The average Bonchev–Trinajstić information content (AvgIpc) is 2.30. The Balaban J connectivity index is 3.07. The number of benzene rings is 1. The summed E-state index contributed by atoms with van der Waals surface area (Å²) in [6.45, 7) is 1.16. The van der Waals surface area contributed by atoms with Crippen molar-refractivity contribution in [2.24, 2.45) is 0 Å². The molecule has 1 N–H and O–H groups in total. The number of carboxylic acids is 1. The Labute approximate surface area is 114 Å². The van der Waals surface area contributed by atoms with Crippen LogP contribution in [-0.4, -0.2) is 31.9 Å². The number of halogens is 1. The fourth-order valence-electron chi connectivity index (χ4n) is 1.28. The molecule has 7 heteroatoms. The van der Waals surface area contributed by atoms with E-state index in [0.717, 1.165) is 6.92 Å². The third-order valence-corrected chi connectivity index (χ3v) is 5.26. The van der Waals surface area contributed by atoms with Gasteiger partial charge < -0.3 is 9.84 Å². The van der Waals surface area contributed by atoms with E-state index in [1.165, 1.54) is 7.11 Å². The standard InChI is InChI=1S/C11H13BrO5S/c1-7(11(13)14)18(15,16)6-8-5-9(17-2)3-4-10(8)12/h3-5,7H,6H2,1-2H3,(H,13,14). The van der Waals surface area contributed by atoms with Crippen LogP contribution in [0.5, 0.6) is 5.75 Å². The molecule has 0 aliphatic heterocycles. The normalized spacial score (nSPS) is 13.1. The molecule has 0 saturated carbocycles. The number of methoxy groups -OCH3 is 1. The van der Waals surface area contributed by atoms with Crippen molar-refractivity contribution in [1.82, 2.24) is 0 Å². The van der Waals surface area contributed by atoms with Crippen molar-refractivity contribution < 1.29 is 23.1 Å². The second-order valence-corrected chi connectivity index (χ2v) is 6.92. The van der Waals surface area contributed by atoms with Crippen LogP contribution in [0.2, 0.25) is 0 Å². The number of aliphatic carboxylic acids is 1. The van der Waals surface area contributed by atoms with Gasteiger partial charge in [-0.15, -0.1) is 0 Å². The maximum absolute atomic E-state index is 11.9. The summed E-state index contributed by atoms with van der Waals surface area (Å²) in [6.07, 6.45) is 0. The fourth-order valence-corrected chi connectivity index (χ4v) is 3.09. The van der Waals surface area contributed by atoms with Crippen LogP contribution >= 0.6 is 15.9 Å². The van der Waals surface area contributed by atoms with Gasteiger partial charge in [-0.2, -0.15) is 0 Å². The zero-order valence-electron chi connectivity index (χ0n) is 9.88. The van der Waals surface area contributed by atoms with Crippen LogP contribution in [0.15, 0.2) is 22.7 Å². The fraction of sp³-hybridized carbons (Fsp3) is 0.364. The summed E-state index contributed by atoms with van der Waals surface area (Å²) >= 11 is 3.23. The Morgan fingerprint density at radius 2 is 2.11 bits per heavy atom. The Morgan fingerprint density at radius 1 is 1.50 bits per heavy atom. The molecule has 1 unspecified atom stereocenters. The second-order valence-electron chi connectivity index (χ2n) is 3.75. The number of sulfone groups is 1. The first-order valence-electron chi connectivity index (χ1n) is 5.04. The first-order chi connectivity index (χ1) is 8.27. The van der Waals surface area contributed by atoms with E-state index in [9.17, 15) is 13.2 Å². The van der Waals surface area contributed by atoms with Crippen molar-refractivity contribution in [1.29, 1.82) is 0 Å². The van der Waals surface area contributed by atoms with Crippen molar-refractivity contribution in [3.63, 3.8) is 0 Å². The van der Waals surface area contributed by atoms with Crippen LogP contribution in [0, 0.1) is 0 Å². The molecule has 0 heterocycles. The van der Waals surface area contributed by atoms with Crippen LogP contribution in [-0.2, 0) is 20.4 Å². The minimum absolute atomic E-state index is 0.349. The summed E-state index contributed by atoms with van der Waals surface area (Å²) in [5.41, 5.74) is 0.474. The zero-order chi connectivity index (χ0) is 13.9. The second kappa shape index (κ2) is 5.71. The maximum Gasteiger partial charge on any atom is 0.321 e. The van der Waals surface area contributed by atoms with Crippen LogP contribution < -0.4 is 4.74 Å². The van der Waals surface area contributed by atoms with E-state index in [-0.39, 0.29) is 5.75 Å². The topological polar surface area (TPSA) is 80.7 Å². The lowest BCUT2D eigenvalue weighted by molar-refractivity contribution is -0.136. The lowest BCUT2D eigenvalue weighted by Crippen LogP contribution is -2.28. The number of hydrogen-bond acceptors (Lipinski definition) is 4. The van der Waals surface area contributed by atoms with E-state index in [4.69, 9.17) is 9.84 Å². The summed E-state index contributed by atoms with van der Waals surface area (Å²) in [5.74, 6) is -1.18. The highest BCUT2D eigenvalue weighted by Gasteiger charge is 2.28. The Morgan fingerprint density at radius 3 is 2.61 bits per heavy atom. The predicted molar refractivity (Wildman–Crippen MR) is 70.4 cm³/mol. The van der Waals surface area contributed by atoms with Crippen LogP contribution in [0.3, 0.4) is 0 Å². The quantitative estimate of drug-likeness (QED) is 0.887. The minimum Gasteiger partial charge on any atom is -0.497 e. The van der Waals surface area contributed by atoms with Gasteiger partial charge in [0, 0.05) is 4.47 Å². The molecule has 0 amide bonds. The van der Waals surface area contributed by atoms with Crippen LogP contribution in [0.25, 0.3) is 0 Å². The molecular weight excluding hydrogens is 324 g/mol. The Hall–Kier alpha value is -1.08. The third-order valence-electron chi connectivity index (χ3n) is 2.50. The molecule has 0 fully saturated rings. The van der Waals surface area contributed by atoms with Crippen molar-refractivity contribution >= 4 is 31.7 Å². The molecule has 18 heavy (non-hydrogen) atoms. The summed E-state index contributed by atoms with van der Waals surface area (Å²) in [6, 6.07) is 4.91. The maximum atomic E-state index is 11.9. The molecule has 1 atom stereocenters. The first-order valence-corrected chi connectivity index (χ1v) is 7.55. The molecular formula is C11H13BrO5S. The number of rotatable bonds is 5. The first kappa shape index (κ1) is 15.0. The largest absolute Gasteiger partial charge is 0.497 e. The van der Waals surface area contributed by atoms with Gasteiger partial charge in [0.2, 0.25) is 0 Å². The molecule has 0 saturated heterocycles. The number of carboxylic acid groups (broad SMARTS) is 1. The smallest absolute Gasteiger partial charge is 0.321 e. The van der Waals surface area contributed by atoms with Crippen LogP contribution in [0.1, 0.15) is 12.5 Å². The number of ether oxygens (including phenoxy) is 1. The van der Waals surface area contributed by atoms with Gasteiger partial charge in [0.05, 0.1) is 12.9 Å². The monoisotopic (exact) mass is 336 g/mol. The molecule has 5 nitrogen and oxygen atoms in total. The van der Waals surface area contributed by atoms with Gasteiger partial charge in [-0.05, 0) is 30.7 Å². The van der Waals surface area contributed by atoms with E-state index in [2.05, 4.69) is 15.9 Å². The summed E-state index contributed by atoms with van der Waals surface area (Å²) in [7, 11) is -2.27. The average molecular weight is 337 g/mol. The van der Waals surface area contributed by atoms with E-state index in [1.807, 2.05) is 0 Å². The highest BCUT2D eigenvalue weighted by molar-refractivity contribution is 9.10. The molecule has 0 bridgehead atoms. The van der Waals surface area contributed by atoms with Gasteiger partial charge in [0.15, 0.2) is 15.1 Å². The molecule has 0 spiro atoms. The Kier molecular flexibility index (Phi) is 4.75. The van der Waals surface area contributed by atoms with Gasteiger partial charge in [0.25, 0.3) is 0 Å². The molecule has 1 aromatic carbocycles. The molecule has 100 valence electrons. The Bertz CT molecular complexity index is 553. The third kappa shape index (κ3) is 3.46. The predicted octanol–water partition coefficient (Wildman–Crippen LogP) is 1.85. The van der Waals surface area contributed by atoms with E-state index in [0.29, 0.717) is 15.8 Å². The summed E-state index contributed by atoms with van der Waals surface area (Å²) in [5, 5.41) is 7.32. The summed E-state index contributed by atoms with van der Waals surface area (Å²) in [4.78, 5) is 10.7. The molecule has 0 aliphatic rings.